The molecule has 1 fully saturated rings. The highest BCUT2D eigenvalue weighted by atomic mass is 16.7. The molecule has 23 heavy (non-hydrogen) atoms. The van der Waals surface area contributed by atoms with Gasteiger partial charge in [0, 0.05) is 22.4 Å². The molecule has 0 N–H and O–H groups in total. The molecule has 8 heteroatoms. The summed E-state index contributed by atoms with van der Waals surface area (Å²) in [6.07, 6.45) is 1.47. The topological polar surface area (TPSA) is 86.1 Å². The third-order valence-corrected chi connectivity index (χ3v) is 4.00. The van der Waals surface area contributed by atoms with Gasteiger partial charge in [0.25, 0.3) is 0 Å². The summed E-state index contributed by atoms with van der Waals surface area (Å²) in [7, 11) is 3.83. The van der Waals surface area contributed by atoms with Gasteiger partial charge in [-0.25, -0.2) is 4.84 Å². The Hall–Kier alpha value is -2.12. The molecule has 0 amide bonds. The summed E-state index contributed by atoms with van der Waals surface area (Å²) in [5.74, 6) is 0.404. The maximum absolute atomic E-state index is 8.57. The molecule has 1 saturated heterocycles. The van der Waals surface area contributed by atoms with Crippen LogP contribution in [-0.2, 0) is 15.2 Å². The fourth-order valence-electron chi connectivity index (χ4n) is 2.74. The molecule has 2 atom stereocenters. The van der Waals surface area contributed by atoms with Crippen molar-refractivity contribution < 1.29 is 19.1 Å². The van der Waals surface area contributed by atoms with Gasteiger partial charge in [-0.05, 0) is 13.3 Å². The fourth-order valence-corrected chi connectivity index (χ4v) is 2.74. The molecule has 8 nitrogen and oxygen atoms in total. The number of hydrogen-bond acceptors (Lipinski definition) is 5. The summed E-state index contributed by atoms with van der Waals surface area (Å²) in [4.78, 5) is 9.03. The van der Waals surface area contributed by atoms with E-state index >= 15 is 0 Å². The number of rotatable bonds is 6. The van der Waals surface area contributed by atoms with Crippen molar-refractivity contribution in [3.8, 4) is 0 Å². The van der Waals surface area contributed by atoms with Crippen LogP contribution in [0.3, 0.4) is 0 Å². The van der Waals surface area contributed by atoms with Crippen molar-refractivity contribution in [2.45, 2.75) is 31.5 Å². The van der Waals surface area contributed by atoms with Crippen LogP contribution in [0.25, 0.3) is 5.53 Å². The molecule has 0 saturated carbocycles. The molecule has 2 unspecified atom stereocenters. The van der Waals surface area contributed by atoms with Crippen molar-refractivity contribution in [1.82, 2.24) is 5.17 Å². The smallest absolute Gasteiger partial charge is 0.413 e. The first-order valence-corrected chi connectivity index (χ1v) is 7.63. The van der Waals surface area contributed by atoms with Gasteiger partial charge in [0.05, 0.1) is 6.61 Å². The number of quaternary nitrogens is 1. The lowest BCUT2D eigenvalue weighted by Gasteiger charge is -2.34. The molecule has 3 rings (SSSR count). The summed E-state index contributed by atoms with van der Waals surface area (Å²) in [5.41, 5.74) is 8.92. The van der Waals surface area contributed by atoms with E-state index in [0.29, 0.717) is 12.5 Å². The van der Waals surface area contributed by atoms with Crippen molar-refractivity contribution >= 4 is 5.90 Å². The highest BCUT2D eigenvalue weighted by Crippen LogP contribution is 2.39. The van der Waals surface area contributed by atoms with E-state index in [1.165, 1.54) is 0 Å². The third-order valence-electron chi connectivity index (χ3n) is 4.00. The molecular formula is C15H21N6O2+. The van der Waals surface area contributed by atoms with Crippen LogP contribution in [0, 0.1) is 0 Å². The molecule has 2 aliphatic rings. The molecule has 2 aliphatic heterocycles. The van der Waals surface area contributed by atoms with Crippen molar-refractivity contribution in [1.29, 1.82) is 0 Å². The SMILES string of the molecule is CC1(c2ccccc2)N=N[N+](C)(C)N1OCCCC1OC1=[N+]=[N-]. The van der Waals surface area contributed by atoms with E-state index in [4.69, 9.17) is 15.1 Å². The van der Waals surface area contributed by atoms with E-state index < -0.39 is 5.66 Å². The van der Waals surface area contributed by atoms with Crippen molar-refractivity contribution in [3.63, 3.8) is 0 Å². The minimum Gasteiger partial charge on any atom is -0.413 e. The van der Waals surface area contributed by atoms with Gasteiger partial charge in [-0.15, -0.1) is 9.90 Å². The summed E-state index contributed by atoms with van der Waals surface area (Å²) in [5, 5.41) is 10.6. The van der Waals surface area contributed by atoms with Crippen LogP contribution in [0.1, 0.15) is 25.3 Å². The minimum atomic E-state index is -0.668. The molecule has 0 spiro atoms. The average molecular weight is 317 g/mol. The maximum atomic E-state index is 8.57. The van der Waals surface area contributed by atoms with Crippen molar-refractivity contribution in [3.05, 3.63) is 41.4 Å². The number of nitrogens with zero attached hydrogens (tertiary/aromatic N) is 6. The van der Waals surface area contributed by atoms with Crippen LogP contribution in [0.5, 0.6) is 0 Å². The quantitative estimate of drug-likeness (QED) is 0.265. The first-order chi connectivity index (χ1) is 11.0. The van der Waals surface area contributed by atoms with E-state index in [1.54, 1.807) is 5.17 Å². The molecule has 1 aromatic rings. The standard InChI is InChI=1S/C15H21N6O2/c1-15(12-8-5-4-6-9-12)18-19-21(2,3)20(15)22-11-7-10-13-14(17-16)23-13/h4-6,8-9,13H,7,10-11H2,1-3H3/q+1. The van der Waals surface area contributed by atoms with E-state index in [-0.39, 0.29) is 10.8 Å². The number of epoxide rings is 1. The van der Waals surface area contributed by atoms with Gasteiger partial charge in [-0.1, -0.05) is 35.0 Å². The zero-order valence-electron chi connectivity index (χ0n) is 13.6. The Morgan fingerprint density at radius 1 is 1.39 bits per heavy atom. The zero-order valence-corrected chi connectivity index (χ0v) is 13.6. The minimum absolute atomic E-state index is 0.0699. The number of hydroxylamine groups is 1. The summed E-state index contributed by atoms with van der Waals surface area (Å²) in [6, 6.07) is 9.96. The van der Waals surface area contributed by atoms with Gasteiger partial charge in [0.15, 0.2) is 0 Å². The molecule has 122 valence electrons. The summed E-state index contributed by atoms with van der Waals surface area (Å²) < 4.78 is 5.25. The monoisotopic (exact) mass is 317 g/mol. The van der Waals surface area contributed by atoms with Gasteiger partial charge in [-0.2, -0.15) is 0 Å². The Bertz CT molecular complexity index is 655. The molecule has 0 aliphatic carbocycles. The van der Waals surface area contributed by atoms with Gasteiger partial charge in [-0.3, -0.25) is 0 Å². The van der Waals surface area contributed by atoms with E-state index in [1.807, 2.05) is 51.4 Å². The normalized spacial score (nSPS) is 28.5. The molecule has 1 aromatic carbocycles. The Labute approximate surface area is 135 Å². The summed E-state index contributed by atoms with van der Waals surface area (Å²) in [6.45, 7) is 2.49. The lowest BCUT2D eigenvalue weighted by Crippen LogP contribution is -2.54. The average Bonchev–Trinajstić information content (AvgIpc) is 3.27. The molecule has 0 bridgehead atoms. The Morgan fingerprint density at radius 3 is 2.78 bits per heavy atom. The lowest BCUT2D eigenvalue weighted by atomic mass is 10.0. The van der Waals surface area contributed by atoms with Crippen LogP contribution in [-0.4, -0.2) is 47.4 Å². The zero-order chi connectivity index (χ0) is 16.5. The molecular weight excluding hydrogens is 296 g/mol. The van der Waals surface area contributed by atoms with Gasteiger partial charge >= 0.3 is 5.90 Å². The first kappa shape index (κ1) is 15.8. The third kappa shape index (κ3) is 3.02. The Morgan fingerprint density at radius 2 is 2.13 bits per heavy atom. The lowest BCUT2D eigenvalue weighted by molar-refractivity contribution is -1.05. The van der Waals surface area contributed by atoms with Gasteiger partial charge in [0.1, 0.15) is 14.1 Å². The van der Waals surface area contributed by atoms with Gasteiger partial charge < -0.3 is 10.3 Å². The predicted octanol–water partition coefficient (Wildman–Crippen LogP) is 2.27. The van der Waals surface area contributed by atoms with Crippen LogP contribution < -0.4 is 0 Å². The van der Waals surface area contributed by atoms with E-state index in [2.05, 4.69) is 15.1 Å². The van der Waals surface area contributed by atoms with Crippen LogP contribution in [0.4, 0.5) is 0 Å². The number of ether oxygens (including phenoxy) is 1. The van der Waals surface area contributed by atoms with Crippen molar-refractivity contribution in [2.24, 2.45) is 10.3 Å². The van der Waals surface area contributed by atoms with Gasteiger partial charge in [0.2, 0.25) is 11.8 Å². The molecule has 2 heterocycles. The molecule has 0 radical (unpaired) electrons. The second-order valence-electron chi connectivity index (χ2n) is 6.21. The Kier molecular flexibility index (Phi) is 3.99. The second-order valence-corrected chi connectivity index (χ2v) is 6.21. The highest BCUT2D eigenvalue weighted by molar-refractivity contribution is 5.87. The Balaban J connectivity index is 1.64. The first-order valence-electron chi connectivity index (χ1n) is 7.63. The van der Waals surface area contributed by atoms with Crippen LogP contribution in [0.15, 0.2) is 40.7 Å². The maximum Gasteiger partial charge on any atom is 0.492 e. The van der Waals surface area contributed by atoms with E-state index in [0.717, 1.165) is 18.4 Å². The molecule has 0 aromatic heterocycles. The largest absolute Gasteiger partial charge is 0.492 e. The fraction of sp³-hybridized carbons (Fsp3) is 0.533. The number of benzene rings is 1. The predicted molar refractivity (Wildman–Crippen MR) is 81.3 cm³/mol. The van der Waals surface area contributed by atoms with Crippen molar-refractivity contribution in [2.75, 3.05) is 20.7 Å². The van der Waals surface area contributed by atoms with Crippen LogP contribution in [0.2, 0.25) is 0 Å². The highest BCUT2D eigenvalue weighted by Gasteiger charge is 2.52. The van der Waals surface area contributed by atoms with E-state index in [9.17, 15) is 0 Å². The summed E-state index contributed by atoms with van der Waals surface area (Å²) >= 11 is 0. The van der Waals surface area contributed by atoms with Crippen LogP contribution >= 0.6 is 0 Å². The number of hydrogen-bond donors (Lipinski definition) is 0. The second kappa shape index (κ2) is 5.82.